The molecule has 0 saturated heterocycles. The Morgan fingerprint density at radius 1 is 1.14 bits per heavy atom. The van der Waals surface area contributed by atoms with Crippen LogP contribution in [0.25, 0.3) is 0 Å². The highest BCUT2D eigenvalue weighted by molar-refractivity contribution is 5.31. The molecule has 2 rings (SSSR count). The summed E-state index contributed by atoms with van der Waals surface area (Å²) in [4.78, 5) is 0. The summed E-state index contributed by atoms with van der Waals surface area (Å²) >= 11 is 0. The molecule has 1 saturated carbocycles. The maximum absolute atomic E-state index is 5.22. The lowest BCUT2D eigenvalue weighted by Gasteiger charge is -2.13. The maximum atomic E-state index is 5.22. The molecule has 1 aliphatic rings. The van der Waals surface area contributed by atoms with Gasteiger partial charge in [-0.05, 0) is 18.4 Å². The highest BCUT2D eigenvalue weighted by Crippen LogP contribution is 2.48. The summed E-state index contributed by atoms with van der Waals surface area (Å²) in [6.07, 6.45) is 2.57. The largest absolute Gasteiger partial charge is 0.384 e. The molecular formula is C13H20O. The minimum Gasteiger partial charge on any atom is -0.384 e. The number of rotatable bonds is 3. The van der Waals surface area contributed by atoms with Gasteiger partial charge in [0.1, 0.15) is 0 Å². The van der Waals surface area contributed by atoms with Gasteiger partial charge in [-0.2, -0.15) is 0 Å². The Labute approximate surface area is 87.1 Å². The molecule has 78 valence electrons. The molecule has 0 N–H and O–H groups in total. The summed E-state index contributed by atoms with van der Waals surface area (Å²) in [5, 5.41) is 0. The molecule has 0 amide bonds. The molecule has 1 nitrogen and oxygen atoms in total. The molecule has 0 aromatic heterocycles. The van der Waals surface area contributed by atoms with E-state index in [0.29, 0.717) is 5.41 Å². The molecule has 0 bridgehead atoms. The SMILES string of the molecule is CC.COCC1(c2ccccc2)CC1. The second-order valence-corrected chi connectivity index (χ2v) is 3.58. The van der Waals surface area contributed by atoms with Crippen LogP contribution in [0.5, 0.6) is 0 Å². The van der Waals surface area contributed by atoms with Crippen LogP contribution in [-0.4, -0.2) is 13.7 Å². The van der Waals surface area contributed by atoms with Crippen molar-refractivity contribution < 1.29 is 4.74 Å². The van der Waals surface area contributed by atoms with Crippen LogP contribution in [0.15, 0.2) is 30.3 Å². The van der Waals surface area contributed by atoms with E-state index in [-0.39, 0.29) is 0 Å². The molecule has 1 aromatic rings. The van der Waals surface area contributed by atoms with Crippen molar-refractivity contribution in [2.75, 3.05) is 13.7 Å². The Bertz CT molecular complexity index is 249. The van der Waals surface area contributed by atoms with Crippen molar-refractivity contribution in [2.24, 2.45) is 0 Å². The first kappa shape index (κ1) is 11.3. The van der Waals surface area contributed by atoms with E-state index >= 15 is 0 Å². The van der Waals surface area contributed by atoms with Gasteiger partial charge in [0.25, 0.3) is 0 Å². The predicted octanol–water partition coefficient (Wildman–Crippen LogP) is 3.39. The zero-order valence-corrected chi connectivity index (χ0v) is 9.42. The van der Waals surface area contributed by atoms with Gasteiger partial charge in [-0.25, -0.2) is 0 Å². The molecule has 0 radical (unpaired) electrons. The summed E-state index contributed by atoms with van der Waals surface area (Å²) in [6, 6.07) is 10.7. The van der Waals surface area contributed by atoms with E-state index in [9.17, 15) is 0 Å². The van der Waals surface area contributed by atoms with Gasteiger partial charge in [0.15, 0.2) is 0 Å². The summed E-state index contributed by atoms with van der Waals surface area (Å²) in [7, 11) is 1.78. The van der Waals surface area contributed by atoms with Gasteiger partial charge in [0, 0.05) is 12.5 Å². The average Bonchev–Trinajstić information content (AvgIpc) is 3.04. The van der Waals surface area contributed by atoms with Crippen molar-refractivity contribution >= 4 is 0 Å². The second kappa shape index (κ2) is 5.16. The van der Waals surface area contributed by atoms with Crippen molar-refractivity contribution in [1.82, 2.24) is 0 Å². The van der Waals surface area contributed by atoms with Crippen molar-refractivity contribution in [3.05, 3.63) is 35.9 Å². The van der Waals surface area contributed by atoms with Crippen LogP contribution in [0.1, 0.15) is 32.3 Å². The van der Waals surface area contributed by atoms with E-state index in [4.69, 9.17) is 4.74 Å². The van der Waals surface area contributed by atoms with Crippen LogP contribution in [0.3, 0.4) is 0 Å². The molecule has 0 aliphatic heterocycles. The molecule has 0 atom stereocenters. The number of hydrogen-bond donors (Lipinski definition) is 0. The number of methoxy groups -OCH3 is 1. The fourth-order valence-electron chi connectivity index (χ4n) is 1.74. The first-order chi connectivity index (χ1) is 6.87. The molecular weight excluding hydrogens is 172 g/mol. The van der Waals surface area contributed by atoms with Gasteiger partial charge >= 0.3 is 0 Å². The standard InChI is InChI=1S/C11H14O.C2H6/c1-12-9-11(7-8-11)10-5-3-2-4-6-10;1-2/h2-6H,7-9H2,1H3;1-2H3. The van der Waals surface area contributed by atoms with Crippen LogP contribution in [-0.2, 0) is 10.2 Å². The van der Waals surface area contributed by atoms with E-state index in [2.05, 4.69) is 30.3 Å². The lowest BCUT2D eigenvalue weighted by molar-refractivity contribution is 0.171. The van der Waals surface area contributed by atoms with Crippen molar-refractivity contribution in [2.45, 2.75) is 32.1 Å². The molecule has 0 heterocycles. The van der Waals surface area contributed by atoms with Gasteiger partial charge in [0.05, 0.1) is 6.61 Å². The quantitative estimate of drug-likeness (QED) is 0.713. The fourth-order valence-corrected chi connectivity index (χ4v) is 1.74. The van der Waals surface area contributed by atoms with Crippen LogP contribution < -0.4 is 0 Å². The van der Waals surface area contributed by atoms with Crippen molar-refractivity contribution in [3.8, 4) is 0 Å². The van der Waals surface area contributed by atoms with E-state index in [0.717, 1.165) is 6.61 Å². The molecule has 1 heteroatoms. The number of benzene rings is 1. The Hall–Kier alpha value is -0.820. The van der Waals surface area contributed by atoms with E-state index in [1.807, 2.05) is 13.8 Å². The van der Waals surface area contributed by atoms with Gasteiger partial charge < -0.3 is 4.74 Å². The Balaban J connectivity index is 0.000000461. The number of ether oxygens (including phenoxy) is 1. The van der Waals surface area contributed by atoms with Crippen LogP contribution in [0.2, 0.25) is 0 Å². The lowest BCUT2D eigenvalue weighted by Crippen LogP contribution is -2.13. The van der Waals surface area contributed by atoms with Gasteiger partial charge in [-0.1, -0.05) is 44.2 Å². The van der Waals surface area contributed by atoms with Crippen LogP contribution in [0, 0.1) is 0 Å². The first-order valence-corrected chi connectivity index (χ1v) is 5.42. The van der Waals surface area contributed by atoms with E-state index in [1.54, 1.807) is 7.11 Å². The van der Waals surface area contributed by atoms with Crippen LogP contribution >= 0.6 is 0 Å². The molecule has 0 spiro atoms. The van der Waals surface area contributed by atoms with Gasteiger partial charge in [-0.15, -0.1) is 0 Å². The Morgan fingerprint density at radius 3 is 2.14 bits per heavy atom. The normalized spacial score (nSPS) is 16.8. The molecule has 0 unspecified atom stereocenters. The minimum atomic E-state index is 0.371. The highest BCUT2D eigenvalue weighted by atomic mass is 16.5. The first-order valence-electron chi connectivity index (χ1n) is 5.42. The molecule has 1 fully saturated rings. The van der Waals surface area contributed by atoms with Gasteiger partial charge in [0.2, 0.25) is 0 Å². The maximum Gasteiger partial charge on any atom is 0.0559 e. The van der Waals surface area contributed by atoms with Crippen molar-refractivity contribution in [1.29, 1.82) is 0 Å². The smallest absolute Gasteiger partial charge is 0.0559 e. The molecule has 1 aliphatic carbocycles. The van der Waals surface area contributed by atoms with Crippen LogP contribution in [0.4, 0.5) is 0 Å². The molecule has 1 aromatic carbocycles. The van der Waals surface area contributed by atoms with E-state index in [1.165, 1.54) is 18.4 Å². The molecule has 14 heavy (non-hydrogen) atoms. The third kappa shape index (κ3) is 2.36. The summed E-state index contributed by atoms with van der Waals surface area (Å²) in [5.41, 5.74) is 1.81. The highest BCUT2D eigenvalue weighted by Gasteiger charge is 2.43. The zero-order chi connectivity index (χ0) is 10.4. The number of hydrogen-bond acceptors (Lipinski definition) is 1. The zero-order valence-electron chi connectivity index (χ0n) is 9.42. The Morgan fingerprint density at radius 2 is 1.71 bits per heavy atom. The minimum absolute atomic E-state index is 0.371. The Kier molecular flexibility index (Phi) is 4.15. The van der Waals surface area contributed by atoms with Crippen molar-refractivity contribution in [3.63, 3.8) is 0 Å². The van der Waals surface area contributed by atoms with E-state index < -0.39 is 0 Å². The average molecular weight is 192 g/mol. The summed E-state index contributed by atoms with van der Waals surface area (Å²) in [6.45, 7) is 4.87. The third-order valence-electron chi connectivity index (χ3n) is 2.66. The predicted molar refractivity (Wildman–Crippen MR) is 60.6 cm³/mol. The third-order valence-corrected chi connectivity index (χ3v) is 2.66. The van der Waals surface area contributed by atoms with Gasteiger partial charge in [-0.3, -0.25) is 0 Å². The second-order valence-electron chi connectivity index (χ2n) is 3.58. The monoisotopic (exact) mass is 192 g/mol. The summed E-state index contributed by atoms with van der Waals surface area (Å²) in [5.74, 6) is 0. The summed E-state index contributed by atoms with van der Waals surface area (Å²) < 4.78 is 5.22. The lowest BCUT2D eigenvalue weighted by atomic mass is 9.97. The topological polar surface area (TPSA) is 9.23 Å². The fraction of sp³-hybridized carbons (Fsp3) is 0.538.